The molecule has 6 heteroatoms. The van der Waals surface area contributed by atoms with Crippen molar-refractivity contribution < 1.29 is 19.0 Å². The van der Waals surface area contributed by atoms with E-state index in [0.717, 1.165) is 24.1 Å². The van der Waals surface area contributed by atoms with Crippen molar-refractivity contribution in [3.8, 4) is 17.2 Å². The quantitative estimate of drug-likeness (QED) is 0.863. The molecule has 0 fully saturated rings. The predicted octanol–water partition coefficient (Wildman–Crippen LogP) is 1.68. The summed E-state index contributed by atoms with van der Waals surface area (Å²) < 4.78 is 16.3. The van der Waals surface area contributed by atoms with Crippen LogP contribution in [0.2, 0.25) is 0 Å². The van der Waals surface area contributed by atoms with Gasteiger partial charge in [-0.05, 0) is 18.9 Å². The molecule has 0 saturated carbocycles. The molecule has 1 aromatic rings. The largest absolute Gasteiger partial charge is 0.496 e. The molecule has 1 aliphatic rings. The summed E-state index contributed by atoms with van der Waals surface area (Å²) in [6.45, 7) is 3.25. The molecule has 1 atom stereocenters. The van der Waals surface area contributed by atoms with E-state index in [1.807, 2.05) is 24.0 Å². The zero-order valence-electron chi connectivity index (χ0n) is 14.1. The number of amides is 1. The molecule has 0 aliphatic carbocycles. The number of carbonyl (C=O) groups excluding carboxylic acids is 1. The minimum atomic E-state index is -0.304. The van der Waals surface area contributed by atoms with Crippen molar-refractivity contribution >= 4 is 11.5 Å². The number of rotatable bonds is 6. The summed E-state index contributed by atoms with van der Waals surface area (Å²) in [5, 5.41) is 0. The van der Waals surface area contributed by atoms with Gasteiger partial charge in [0.2, 0.25) is 5.91 Å². The van der Waals surface area contributed by atoms with Crippen molar-refractivity contribution in [3.05, 3.63) is 23.8 Å². The van der Waals surface area contributed by atoms with Crippen molar-refractivity contribution in [1.82, 2.24) is 4.90 Å². The van der Waals surface area contributed by atoms with Gasteiger partial charge >= 0.3 is 0 Å². The van der Waals surface area contributed by atoms with Gasteiger partial charge in [0.05, 0.1) is 32.9 Å². The maximum Gasteiger partial charge on any atom is 0.234 e. The van der Waals surface area contributed by atoms with Crippen LogP contribution in [-0.2, 0) is 4.79 Å². The third kappa shape index (κ3) is 3.59. The van der Waals surface area contributed by atoms with Crippen LogP contribution in [0, 0.1) is 0 Å². The number of nitrogens with zero attached hydrogens (tertiary/aromatic N) is 1. The van der Waals surface area contributed by atoms with Gasteiger partial charge in [-0.25, -0.2) is 0 Å². The van der Waals surface area contributed by atoms with E-state index in [9.17, 15) is 4.79 Å². The molecule has 6 nitrogen and oxygen atoms in total. The van der Waals surface area contributed by atoms with E-state index in [-0.39, 0.29) is 11.9 Å². The molecule has 0 radical (unpaired) electrons. The van der Waals surface area contributed by atoms with Crippen molar-refractivity contribution in [1.29, 1.82) is 0 Å². The number of ether oxygens (including phenoxy) is 3. The van der Waals surface area contributed by atoms with Crippen LogP contribution in [0.3, 0.4) is 0 Å². The zero-order chi connectivity index (χ0) is 17.0. The van der Waals surface area contributed by atoms with Crippen LogP contribution >= 0.6 is 0 Å². The molecular weight excluding hydrogens is 296 g/mol. The van der Waals surface area contributed by atoms with Gasteiger partial charge in [0.15, 0.2) is 0 Å². The van der Waals surface area contributed by atoms with Gasteiger partial charge in [-0.3, -0.25) is 9.69 Å². The molecule has 1 aromatic carbocycles. The number of primary amides is 1. The summed E-state index contributed by atoms with van der Waals surface area (Å²) in [7, 11) is 4.86. The van der Waals surface area contributed by atoms with Gasteiger partial charge in [0.1, 0.15) is 17.2 Å². The van der Waals surface area contributed by atoms with Crippen LogP contribution in [0.4, 0.5) is 0 Å². The first kappa shape index (κ1) is 17.1. The SMILES string of the molecule is COc1cc(OC)c(C2=CCN(C(C)C(N)=O)CC2)c(OC)c1. The number of hydrogen-bond donors (Lipinski definition) is 1. The molecule has 2 rings (SSSR count). The Morgan fingerprint density at radius 2 is 1.78 bits per heavy atom. The van der Waals surface area contributed by atoms with Crippen molar-refractivity contribution in [3.63, 3.8) is 0 Å². The summed E-state index contributed by atoms with van der Waals surface area (Å²) >= 11 is 0. The summed E-state index contributed by atoms with van der Waals surface area (Å²) in [5.41, 5.74) is 7.45. The van der Waals surface area contributed by atoms with Crippen LogP contribution in [0.15, 0.2) is 18.2 Å². The van der Waals surface area contributed by atoms with E-state index in [0.29, 0.717) is 23.8 Å². The minimum absolute atomic E-state index is 0.271. The lowest BCUT2D eigenvalue weighted by Gasteiger charge is -2.30. The average molecular weight is 320 g/mol. The summed E-state index contributed by atoms with van der Waals surface area (Å²) in [4.78, 5) is 13.4. The molecule has 126 valence electrons. The second-order valence-electron chi connectivity index (χ2n) is 5.46. The highest BCUT2D eigenvalue weighted by Gasteiger charge is 2.24. The van der Waals surface area contributed by atoms with E-state index < -0.39 is 0 Å². The Morgan fingerprint density at radius 1 is 1.17 bits per heavy atom. The molecule has 1 aliphatic heterocycles. The highest BCUT2D eigenvalue weighted by Crippen LogP contribution is 2.40. The highest BCUT2D eigenvalue weighted by molar-refractivity contribution is 5.80. The number of benzene rings is 1. The Balaban J connectivity index is 2.34. The molecule has 2 N–H and O–H groups in total. The number of hydrogen-bond acceptors (Lipinski definition) is 5. The Morgan fingerprint density at radius 3 is 2.17 bits per heavy atom. The van der Waals surface area contributed by atoms with Crippen molar-refractivity contribution in [2.45, 2.75) is 19.4 Å². The van der Waals surface area contributed by atoms with Crippen LogP contribution in [0.1, 0.15) is 18.9 Å². The van der Waals surface area contributed by atoms with E-state index in [1.54, 1.807) is 21.3 Å². The Bertz CT molecular complexity index is 588. The fraction of sp³-hybridized carbons (Fsp3) is 0.471. The highest BCUT2D eigenvalue weighted by atomic mass is 16.5. The molecule has 0 saturated heterocycles. The maximum atomic E-state index is 11.3. The van der Waals surface area contributed by atoms with Crippen LogP contribution in [0.5, 0.6) is 17.2 Å². The van der Waals surface area contributed by atoms with Gasteiger partial charge < -0.3 is 19.9 Å². The molecule has 0 bridgehead atoms. The average Bonchev–Trinajstić information content (AvgIpc) is 2.59. The van der Waals surface area contributed by atoms with E-state index in [2.05, 4.69) is 6.08 Å². The lowest BCUT2D eigenvalue weighted by molar-refractivity contribution is -0.122. The summed E-state index contributed by atoms with van der Waals surface area (Å²) in [6, 6.07) is 3.42. The third-order valence-corrected chi connectivity index (χ3v) is 4.24. The Labute approximate surface area is 136 Å². The molecule has 1 amide bonds. The van der Waals surface area contributed by atoms with Gasteiger partial charge in [0.25, 0.3) is 0 Å². The Hall–Kier alpha value is -2.21. The first-order valence-electron chi connectivity index (χ1n) is 7.54. The number of carbonyl (C=O) groups is 1. The second kappa shape index (κ2) is 7.37. The van der Waals surface area contributed by atoms with E-state index in [1.165, 1.54) is 0 Å². The molecule has 23 heavy (non-hydrogen) atoms. The van der Waals surface area contributed by atoms with E-state index in [4.69, 9.17) is 19.9 Å². The molecule has 1 unspecified atom stereocenters. The van der Waals surface area contributed by atoms with Crippen LogP contribution < -0.4 is 19.9 Å². The van der Waals surface area contributed by atoms with Gasteiger partial charge in [0, 0.05) is 25.2 Å². The molecule has 0 spiro atoms. The van der Waals surface area contributed by atoms with E-state index >= 15 is 0 Å². The van der Waals surface area contributed by atoms with Gasteiger partial charge in [-0.1, -0.05) is 6.08 Å². The lowest BCUT2D eigenvalue weighted by Crippen LogP contribution is -2.44. The Kier molecular flexibility index (Phi) is 5.50. The molecule has 1 heterocycles. The zero-order valence-corrected chi connectivity index (χ0v) is 14.1. The first-order valence-corrected chi connectivity index (χ1v) is 7.54. The maximum absolute atomic E-state index is 11.3. The standard InChI is InChI=1S/C17H24N2O4/c1-11(17(18)20)19-7-5-12(6-8-19)16-14(22-3)9-13(21-2)10-15(16)23-4/h5,9-11H,6-8H2,1-4H3,(H2,18,20). The number of methoxy groups -OCH3 is 3. The second-order valence-corrected chi connectivity index (χ2v) is 5.46. The number of nitrogens with two attached hydrogens (primary N) is 1. The fourth-order valence-corrected chi connectivity index (χ4v) is 2.77. The topological polar surface area (TPSA) is 74.0 Å². The van der Waals surface area contributed by atoms with Crippen molar-refractivity contribution in [2.75, 3.05) is 34.4 Å². The first-order chi connectivity index (χ1) is 11.0. The fourth-order valence-electron chi connectivity index (χ4n) is 2.77. The predicted molar refractivity (Wildman–Crippen MR) is 88.9 cm³/mol. The molecule has 0 aromatic heterocycles. The normalized spacial score (nSPS) is 16.4. The lowest BCUT2D eigenvalue weighted by atomic mass is 9.96. The van der Waals surface area contributed by atoms with Gasteiger partial charge in [-0.15, -0.1) is 0 Å². The van der Waals surface area contributed by atoms with Crippen molar-refractivity contribution in [2.24, 2.45) is 5.73 Å². The summed E-state index contributed by atoms with van der Waals surface area (Å²) in [6.07, 6.45) is 2.88. The monoisotopic (exact) mass is 320 g/mol. The third-order valence-electron chi connectivity index (χ3n) is 4.24. The van der Waals surface area contributed by atoms with Crippen LogP contribution in [-0.4, -0.2) is 51.3 Å². The van der Waals surface area contributed by atoms with Gasteiger partial charge in [-0.2, -0.15) is 0 Å². The van der Waals surface area contributed by atoms with Crippen LogP contribution in [0.25, 0.3) is 5.57 Å². The summed E-state index contributed by atoms with van der Waals surface area (Å²) in [5.74, 6) is 1.80. The molecular formula is C17H24N2O4. The smallest absolute Gasteiger partial charge is 0.234 e. The minimum Gasteiger partial charge on any atom is -0.496 e.